The van der Waals surface area contributed by atoms with Gasteiger partial charge in [0.05, 0.1) is 0 Å². The largest absolute Gasteiger partial charge is 0.208 e. The van der Waals surface area contributed by atoms with Crippen LogP contribution in [0.25, 0.3) is 96.8 Å². The number of thiophene rings is 2. The van der Waals surface area contributed by atoms with Gasteiger partial charge in [0.1, 0.15) is 0 Å². The molecule has 50 heavy (non-hydrogen) atoms. The lowest BCUT2D eigenvalue weighted by Gasteiger charge is -2.13. The van der Waals surface area contributed by atoms with Gasteiger partial charge in [-0.05, 0) is 58.7 Å². The molecule has 7 aromatic carbocycles. The Morgan fingerprint density at radius 1 is 0.300 bits per heavy atom. The van der Waals surface area contributed by atoms with Crippen LogP contribution in [0.15, 0.2) is 164 Å². The fraction of sp³-hybridized carbons (Fsp3) is 0. The molecule has 0 saturated carbocycles. The second kappa shape index (κ2) is 11.8. The van der Waals surface area contributed by atoms with Gasteiger partial charge in [-0.15, -0.1) is 22.7 Å². The average molecular weight is 674 g/mol. The van der Waals surface area contributed by atoms with Gasteiger partial charge in [0, 0.05) is 57.0 Å². The molecule has 10 rings (SSSR count). The van der Waals surface area contributed by atoms with Crippen LogP contribution in [0.2, 0.25) is 0 Å². The average Bonchev–Trinajstić information content (AvgIpc) is 3.76. The zero-order chi connectivity index (χ0) is 33.0. The Balaban J connectivity index is 1.18. The highest BCUT2D eigenvalue weighted by Crippen LogP contribution is 2.41. The van der Waals surface area contributed by atoms with Gasteiger partial charge in [-0.3, -0.25) is 0 Å². The van der Waals surface area contributed by atoms with Gasteiger partial charge in [0.2, 0.25) is 0 Å². The number of hydrogen-bond donors (Lipinski definition) is 0. The molecule has 0 aliphatic carbocycles. The van der Waals surface area contributed by atoms with E-state index in [0.29, 0.717) is 17.5 Å². The summed E-state index contributed by atoms with van der Waals surface area (Å²) >= 11 is 3.61. The lowest BCUT2D eigenvalue weighted by Crippen LogP contribution is -2.01. The number of aromatic nitrogens is 3. The van der Waals surface area contributed by atoms with Crippen molar-refractivity contribution in [2.45, 2.75) is 0 Å². The normalized spacial score (nSPS) is 11.6. The minimum Gasteiger partial charge on any atom is -0.208 e. The van der Waals surface area contributed by atoms with Gasteiger partial charge < -0.3 is 0 Å². The fourth-order valence-corrected chi connectivity index (χ4v) is 9.24. The molecule has 0 unspecified atom stereocenters. The topological polar surface area (TPSA) is 38.7 Å². The van der Waals surface area contributed by atoms with Gasteiger partial charge in [0.25, 0.3) is 0 Å². The molecule has 0 atom stereocenters. The van der Waals surface area contributed by atoms with Gasteiger partial charge in [-0.25, -0.2) is 15.0 Å². The van der Waals surface area contributed by atoms with E-state index >= 15 is 0 Å². The SMILES string of the molecule is c1ccc(-c2ccc(-c3ccccc3-c3nc(-c4ccc5sc6ccccc6c5c4)nc(-c4cccc5c4sc4ccccc45)n3)cc2)cc1. The molecule has 0 aliphatic rings. The summed E-state index contributed by atoms with van der Waals surface area (Å²) < 4.78 is 4.97. The van der Waals surface area contributed by atoms with Gasteiger partial charge in [-0.1, -0.05) is 127 Å². The summed E-state index contributed by atoms with van der Waals surface area (Å²) in [6, 6.07) is 57.9. The minimum absolute atomic E-state index is 0.654. The molecule has 5 heteroatoms. The summed E-state index contributed by atoms with van der Waals surface area (Å²) in [4.78, 5) is 15.7. The Labute approximate surface area is 296 Å². The van der Waals surface area contributed by atoms with Crippen molar-refractivity contribution in [3.8, 4) is 56.4 Å². The molecule has 10 aromatic rings. The first-order valence-corrected chi connectivity index (χ1v) is 18.2. The third-order valence-electron chi connectivity index (χ3n) is 9.39. The third-order valence-corrected chi connectivity index (χ3v) is 11.8. The summed E-state index contributed by atoms with van der Waals surface area (Å²) in [6.45, 7) is 0. The van der Waals surface area contributed by atoms with Crippen molar-refractivity contribution in [3.05, 3.63) is 164 Å². The number of rotatable bonds is 5. The van der Waals surface area contributed by atoms with E-state index in [1.54, 1.807) is 11.3 Å². The van der Waals surface area contributed by atoms with Crippen LogP contribution in [0.3, 0.4) is 0 Å². The Kier molecular flexibility index (Phi) is 6.86. The van der Waals surface area contributed by atoms with E-state index in [9.17, 15) is 0 Å². The van der Waals surface area contributed by atoms with Crippen molar-refractivity contribution < 1.29 is 0 Å². The van der Waals surface area contributed by atoms with Crippen molar-refractivity contribution in [2.24, 2.45) is 0 Å². The van der Waals surface area contributed by atoms with Crippen molar-refractivity contribution >= 4 is 63.0 Å². The lowest BCUT2D eigenvalue weighted by atomic mass is 9.96. The summed E-state index contributed by atoms with van der Waals surface area (Å²) in [5, 5.41) is 4.94. The number of benzene rings is 7. The van der Waals surface area contributed by atoms with Gasteiger partial charge >= 0.3 is 0 Å². The Morgan fingerprint density at radius 2 is 0.820 bits per heavy atom. The smallest absolute Gasteiger partial charge is 0.165 e. The Hall–Kier alpha value is -6.01. The van der Waals surface area contributed by atoms with Gasteiger partial charge in [-0.2, -0.15) is 0 Å². The van der Waals surface area contributed by atoms with Gasteiger partial charge in [0.15, 0.2) is 17.5 Å². The molecule has 0 bridgehead atoms. The van der Waals surface area contributed by atoms with Crippen LogP contribution >= 0.6 is 22.7 Å². The molecule has 0 fully saturated rings. The summed E-state index contributed by atoms with van der Waals surface area (Å²) in [7, 11) is 0. The second-order valence-electron chi connectivity index (χ2n) is 12.4. The Morgan fingerprint density at radius 3 is 1.62 bits per heavy atom. The highest BCUT2D eigenvalue weighted by atomic mass is 32.1. The molecule has 3 aromatic heterocycles. The summed E-state index contributed by atoms with van der Waals surface area (Å²) in [5.41, 5.74) is 7.53. The van der Waals surface area contributed by atoms with E-state index < -0.39 is 0 Å². The van der Waals surface area contributed by atoms with Crippen molar-refractivity contribution in [2.75, 3.05) is 0 Å². The highest BCUT2D eigenvalue weighted by Gasteiger charge is 2.19. The first-order chi connectivity index (χ1) is 24.8. The maximum atomic E-state index is 5.26. The number of hydrogen-bond acceptors (Lipinski definition) is 5. The van der Waals surface area contributed by atoms with Crippen LogP contribution < -0.4 is 0 Å². The zero-order valence-electron chi connectivity index (χ0n) is 26.7. The van der Waals surface area contributed by atoms with Crippen LogP contribution in [0, 0.1) is 0 Å². The molecule has 3 nitrogen and oxygen atoms in total. The first-order valence-electron chi connectivity index (χ1n) is 16.6. The van der Waals surface area contributed by atoms with Crippen molar-refractivity contribution in [3.63, 3.8) is 0 Å². The third kappa shape index (κ3) is 4.90. The monoisotopic (exact) mass is 673 g/mol. The van der Waals surface area contributed by atoms with E-state index in [2.05, 4.69) is 158 Å². The molecular weight excluding hydrogens is 647 g/mol. The summed E-state index contributed by atoms with van der Waals surface area (Å²) in [6.07, 6.45) is 0. The molecule has 0 spiro atoms. The standard InChI is InChI=1S/C45H27N3S2/c1-2-11-28(12-3-1)29-21-23-30(24-22-29)32-13-4-5-16-36(32)44-46-43(31-25-26-41-38(27-31)34-15-7-8-19-39(34)49-41)47-45(48-44)37-18-10-17-35-33-14-6-9-20-40(33)50-42(35)37/h1-27H. The van der Waals surface area contributed by atoms with Crippen LogP contribution in [-0.4, -0.2) is 15.0 Å². The quantitative estimate of drug-likeness (QED) is 0.182. The molecule has 0 aliphatic heterocycles. The van der Waals surface area contributed by atoms with E-state index in [4.69, 9.17) is 15.0 Å². The van der Waals surface area contributed by atoms with Crippen molar-refractivity contribution in [1.82, 2.24) is 15.0 Å². The van der Waals surface area contributed by atoms with Crippen LogP contribution in [0.4, 0.5) is 0 Å². The van der Waals surface area contributed by atoms with E-state index in [1.165, 1.54) is 51.5 Å². The molecular formula is C45H27N3S2. The van der Waals surface area contributed by atoms with Crippen LogP contribution in [0.5, 0.6) is 0 Å². The predicted octanol–water partition coefficient (Wildman–Crippen LogP) is 12.9. The predicted molar refractivity (Wildman–Crippen MR) is 213 cm³/mol. The van der Waals surface area contributed by atoms with Crippen molar-refractivity contribution in [1.29, 1.82) is 0 Å². The first kappa shape index (κ1) is 29.0. The van der Waals surface area contributed by atoms with Crippen LogP contribution in [-0.2, 0) is 0 Å². The maximum Gasteiger partial charge on any atom is 0.165 e. The second-order valence-corrected chi connectivity index (χ2v) is 14.5. The highest BCUT2D eigenvalue weighted by molar-refractivity contribution is 7.26. The fourth-order valence-electron chi connectivity index (χ4n) is 6.94. The maximum absolute atomic E-state index is 5.26. The lowest BCUT2D eigenvalue weighted by molar-refractivity contribution is 1.08. The summed E-state index contributed by atoms with van der Waals surface area (Å²) in [5.74, 6) is 1.99. The zero-order valence-corrected chi connectivity index (χ0v) is 28.4. The molecule has 0 radical (unpaired) electrons. The minimum atomic E-state index is 0.654. The number of fused-ring (bicyclic) bond motifs is 6. The molecule has 0 N–H and O–H groups in total. The van der Waals surface area contributed by atoms with E-state index in [0.717, 1.165) is 27.8 Å². The number of nitrogens with zero attached hydrogens (tertiary/aromatic N) is 3. The van der Waals surface area contributed by atoms with E-state index in [-0.39, 0.29) is 0 Å². The molecule has 0 amide bonds. The molecule has 234 valence electrons. The molecule has 3 heterocycles. The Bertz CT molecular complexity index is 2870. The van der Waals surface area contributed by atoms with Crippen LogP contribution in [0.1, 0.15) is 0 Å². The van der Waals surface area contributed by atoms with E-state index in [1.807, 2.05) is 17.4 Å². The molecule has 0 saturated heterocycles.